The molecule has 9 atom stereocenters. The number of alkyl carbamates (subject to hydrolysis) is 3. The number of aliphatic hydroxyl groups is 3. The summed E-state index contributed by atoms with van der Waals surface area (Å²) in [4.78, 5) is 51.2. The van der Waals surface area contributed by atoms with E-state index in [1.165, 1.54) is 0 Å². The van der Waals surface area contributed by atoms with Gasteiger partial charge in [0.2, 0.25) is 5.91 Å². The van der Waals surface area contributed by atoms with E-state index in [0.29, 0.717) is 44.0 Å². The van der Waals surface area contributed by atoms with Crippen LogP contribution in [0.25, 0.3) is 0 Å². The van der Waals surface area contributed by atoms with Crippen LogP contribution < -0.4 is 26.6 Å². The predicted molar refractivity (Wildman–Crippen MR) is 223 cm³/mol. The highest BCUT2D eigenvalue weighted by Gasteiger charge is 2.49. The number of ether oxygens (including phenoxy) is 7. The maximum Gasteiger partial charge on any atom is 0.407 e. The van der Waals surface area contributed by atoms with Gasteiger partial charge in [-0.05, 0) is 119 Å². The fourth-order valence-electron chi connectivity index (χ4n) is 6.82. The monoisotopic (exact) mass is 874 g/mol. The number of allylic oxidation sites excluding steroid dienone is 1. The maximum absolute atomic E-state index is 13.4. The van der Waals surface area contributed by atoms with Crippen molar-refractivity contribution in [1.29, 1.82) is 0 Å². The molecule has 19 heteroatoms. The Hall–Kier alpha value is -3.46. The van der Waals surface area contributed by atoms with Gasteiger partial charge in [-0.1, -0.05) is 6.92 Å². The van der Waals surface area contributed by atoms with E-state index in [1.807, 2.05) is 26.8 Å². The molecule has 0 saturated heterocycles. The van der Waals surface area contributed by atoms with E-state index in [9.17, 15) is 34.5 Å². The van der Waals surface area contributed by atoms with Crippen molar-refractivity contribution in [3.05, 3.63) is 11.8 Å². The van der Waals surface area contributed by atoms with Gasteiger partial charge in [0.05, 0.1) is 31.8 Å². The molecule has 2 fully saturated rings. The Bertz CT molecular complexity index is 1430. The summed E-state index contributed by atoms with van der Waals surface area (Å²) in [6, 6.07) is -1.95. The van der Waals surface area contributed by atoms with Crippen LogP contribution >= 0.6 is 0 Å². The van der Waals surface area contributed by atoms with Crippen molar-refractivity contribution in [3.8, 4) is 0 Å². The van der Waals surface area contributed by atoms with Crippen LogP contribution in [0.2, 0.25) is 0 Å². The van der Waals surface area contributed by atoms with E-state index < -0.39 is 90.1 Å². The van der Waals surface area contributed by atoms with Crippen LogP contribution in [0.15, 0.2) is 11.8 Å². The number of nitrogens with one attached hydrogen (secondary N) is 5. The van der Waals surface area contributed by atoms with Gasteiger partial charge >= 0.3 is 18.3 Å². The molecule has 0 aromatic heterocycles. The van der Waals surface area contributed by atoms with Gasteiger partial charge in [-0.15, -0.1) is 0 Å². The van der Waals surface area contributed by atoms with Crippen LogP contribution in [0.4, 0.5) is 14.4 Å². The smallest absolute Gasteiger partial charge is 0.407 e. The molecule has 0 radical (unpaired) electrons. The quantitative estimate of drug-likeness (QED) is 0.0468. The number of rotatable bonds is 21. The molecule has 0 bridgehead atoms. The predicted octanol–water partition coefficient (Wildman–Crippen LogP) is 3.22. The summed E-state index contributed by atoms with van der Waals surface area (Å²) in [7, 11) is 0. The highest BCUT2D eigenvalue weighted by molar-refractivity contribution is 5.77. The molecule has 8 N–H and O–H groups in total. The van der Waals surface area contributed by atoms with Gasteiger partial charge in [-0.3, -0.25) is 4.79 Å². The molecule has 2 aliphatic carbocycles. The number of amides is 4. The van der Waals surface area contributed by atoms with E-state index in [-0.39, 0.29) is 45.1 Å². The topological polar surface area (TPSA) is 254 Å². The molecular formula is C42H75N5O14. The van der Waals surface area contributed by atoms with E-state index >= 15 is 0 Å². The molecule has 3 rings (SSSR count). The molecule has 4 amide bonds. The average molecular weight is 874 g/mol. The van der Waals surface area contributed by atoms with Crippen LogP contribution in [-0.2, 0) is 38.0 Å². The molecule has 1 heterocycles. The maximum atomic E-state index is 13.4. The zero-order valence-electron chi connectivity index (χ0n) is 37.9. The average Bonchev–Trinajstić information content (AvgIpc) is 3.97. The number of carbonyl (C=O) groups is 4. The normalized spacial score (nSPS) is 24.8. The van der Waals surface area contributed by atoms with Crippen molar-refractivity contribution >= 4 is 24.2 Å². The van der Waals surface area contributed by atoms with Crippen LogP contribution in [0.5, 0.6) is 0 Å². The Labute approximate surface area is 361 Å². The number of carbonyl (C=O) groups excluding carboxylic acids is 4. The molecule has 2 saturated carbocycles. The molecule has 0 aromatic rings. The minimum absolute atomic E-state index is 0.0216. The zero-order chi connectivity index (χ0) is 45.5. The molecule has 0 aromatic carbocycles. The third-order valence-electron chi connectivity index (χ3n) is 9.63. The summed E-state index contributed by atoms with van der Waals surface area (Å²) in [6.45, 7) is 17.8. The summed E-state index contributed by atoms with van der Waals surface area (Å²) in [5.41, 5.74) is -2.18. The van der Waals surface area contributed by atoms with Crippen LogP contribution in [0.1, 0.15) is 121 Å². The first kappa shape index (κ1) is 51.9. The van der Waals surface area contributed by atoms with Crippen molar-refractivity contribution in [2.75, 3.05) is 32.8 Å². The molecule has 3 aliphatic rings. The van der Waals surface area contributed by atoms with Gasteiger partial charge in [0.25, 0.3) is 0 Å². The van der Waals surface area contributed by atoms with Crippen molar-refractivity contribution in [2.45, 2.75) is 193 Å². The van der Waals surface area contributed by atoms with Crippen LogP contribution in [0.3, 0.4) is 0 Å². The van der Waals surface area contributed by atoms with Gasteiger partial charge in [0, 0.05) is 25.4 Å². The lowest BCUT2D eigenvalue weighted by Crippen LogP contribution is -2.67. The minimum Gasteiger partial charge on any atom is -0.468 e. The number of hydrogen-bond acceptors (Lipinski definition) is 15. The fraction of sp³-hybridized carbons (Fsp3) is 0.857. The molecule has 1 aliphatic heterocycles. The summed E-state index contributed by atoms with van der Waals surface area (Å²) in [6.07, 6.45) is -3.46. The lowest BCUT2D eigenvalue weighted by Gasteiger charge is -2.46. The Morgan fingerprint density at radius 2 is 1.48 bits per heavy atom. The van der Waals surface area contributed by atoms with E-state index in [4.69, 9.17) is 33.2 Å². The summed E-state index contributed by atoms with van der Waals surface area (Å²) in [5.74, 6) is 0.510. The molecule has 1 unspecified atom stereocenters. The summed E-state index contributed by atoms with van der Waals surface area (Å²) < 4.78 is 40.9. The zero-order valence-corrected chi connectivity index (χ0v) is 37.9. The second kappa shape index (κ2) is 23.8. The van der Waals surface area contributed by atoms with Crippen LogP contribution in [0, 0.1) is 5.92 Å². The van der Waals surface area contributed by atoms with Crippen molar-refractivity contribution < 1.29 is 67.7 Å². The Kier molecular flexibility index (Phi) is 20.3. The molecule has 352 valence electrons. The fourth-order valence-corrected chi connectivity index (χ4v) is 6.82. The Morgan fingerprint density at radius 1 is 0.852 bits per heavy atom. The lowest BCUT2D eigenvalue weighted by molar-refractivity contribution is -0.270. The van der Waals surface area contributed by atoms with Gasteiger partial charge in [0.15, 0.2) is 12.6 Å². The third kappa shape index (κ3) is 20.1. The number of aliphatic hydroxyl groups excluding tert-OH is 3. The largest absolute Gasteiger partial charge is 0.468 e. The van der Waals surface area contributed by atoms with Gasteiger partial charge in [-0.2, -0.15) is 0 Å². The molecule has 19 nitrogen and oxygen atoms in total. The second-order valence-corrected chi connectivity index (χ2v) is 18.8. The lowest BCUT2D eigenvalue weighted by atomic mass is 9.83. The van der Waals surface area contributed by atoms with E-state index in [0.717, 1.165) is 12.8 Å². The first-order valence-electron chi connectivity index (χ1n) is 21.7. The van der Waals surface area contributed by atoms with Crippen molar-refractivity contribution in [2.24, 2.45) is 5.92 Å². The van der Waals surface area contributed by atoms with Gasteiger partial charge in [0.1, 0.15) is 47.0 Å². The summed E-state index contributed by atoms with van der Waals surface area (Å²) >= 11 is 0. The van der Waals surface area contributed by atoms with Crippen LogP contribution in [-0.4, -0.2) is 144 Å². The third-order valence-corrected chi connectivity index (χ3v) is 9.63. The van der Waals surface area contributed by atoms with E-state index in [2.05, 4.69) is 26.6 Å². The van der Waals surface area contributed by atoms with E-state index in [1.54, 1.807) is 48.5 Å². The van der Waals surface area contributed by atoms with Gasteiger partial charge in [-0.25, -0.2) is 14.4 Å². The summed E-state index contributed by atoms with van der Waals surface area (Å²) in [5, 5.41) is 47.1. The van der Waals surface area contributed by atoms with Gasteiger partial charge < -0.3 is 75.1 Å². The highest BCUT2D eigenvalue weighted by atomic mass is 16.7. The van der Waals surface area contributed by atoms with Crippen molar-refractivity contribution in [3.63, 3.8) is 0 Å². The first-order chi connectivity index (χ1) is 28.5. The molecular weight excluding hydrogens is 798 g/mol. The molecule has 61 heavy (non-hydrogen) atoms. The standard InChI is InChI=1S/C42H75N5O14/c1-11-30(49)36(55-22-21-48)58-35-28(45-31(50)18-20-44-37(52)59-40(2,3)4)23-29(47-39(54)61-42(8,9)10)34(33(35)51)57-32-14-12-13-26(56-32)24-43-19-17-27(25-15-16-25)46-38(53)60-41(5,6)7/h13,25,27-30,32-36,43,48-49,51H,11-12,14-24H2,1-10H3,(H,44,52)(H,45,50)(H,46,53)(H,47,54)/t27?,28-,29+,30-,32-,33+,34-,35+,36-/m1/s1. The molecule has 0 spiro atoms. The second-order valence-electron chi connectivity index (χ2n) is 18.8. The number of hydrogen-bond donors (Lipinski definition) is 8. The first-order valence-corrected chi connectivity index (χ1v) is 21.7. The minimum atomic E-state index is -1.55. The Morgan fingerprint density at radius 3 is 2.08 bits per heavy atom. The Balaban J connectivity index is 1.77. The highest BCUT2D eigenvalue weighted by Crippen LogP contribution is 2.34. The SMILES string of the molecule is CC[C@@H](O)[C@H](OCCO)O[C@@H]1[C@@H](O)[C@H](O[C@@H]2CCC=C(CNCCC(NC(=O)OC(C)(C)C)C3CC3)O2)[C@@H](NC(=O)OC(C)(C)C)C[C@H]1NC(=O)CCNC(=O)OC(C)(C)C. The van der Waals surface area contributed by atoms with Crippen molar-refractivity contribution in [1.82, 2.24) is 26.6 Å².